The SMILES string of the molecule is CNC(=O)C(=O)Nc1ccc(Br)cc1C. The minimum atomic E-state index is -0.664. The molecule has 1 rings (SSSR count). The molecule has 0 aliphatic rings. The molecule has 0 fully saturated rings. The van der Waals surface area contributed by atoms with Crippen molar-refractivity contribution >= 4 is 33.4 Å². The summed E-state index contributed by atoms with van der Waals surface area (Å²) in [4.78, 5) is 22.2. The van der Waals surface area contributed by atoms with Crippen LogP contribution in [0.2, 0.25) is 0 Å². The molecule has 0 atom stereocenters. The average molecular weight is 271 g/mol. The smallest absolute Gasteiger partial charge is 0.313 e. The lowest BCUT2D eigenvalue weighted by atomic mass is 10.2. The van der Waals surface area contributed by atoms with Crippen molar-refractivity contribution in [1.82, 2.24) is 5.32 Å². The lowest BCUT2D eigenvalue weighted by Crippen LogP contribution is -2.32. The van der Waals surface area contributed by atoms with Crippen molar-refractivity contribution in [2.45, 2.75) is 6.92 Å². The van der Waals surface area contributed by atoms with E-state index in [1.807, 2.05) is 13.0 Å². The van der Waals surface area contributed by atoms with Crippen molar-refractivity contribution in [3.05, 3.63) is 28.2 Å². The van der Waals surface area contributed by atoms with Crippen molar-refractivity contribution in [2.24, 2.45) is 0 Å². The summed E-state index contributed by atoms with van der Waals surface area (Å²) in [6.45, 7) is 1.85. The van der Waals surface area contributed by atoms with Crippen molar-refractivity contribution < 1.29 is 9.59 Å². The Bertz CT molecular complexity index is 404. The largest absolute Gasteiger partial charge is 0.351 e. The van der Waals surface area contributed by atoms with Crippen LogP contribution in [-0.2, 0) is 9.59 Å². The van der Waals surface area contributed by atoms with Gasteiger partial charge in [-0.25, -0.2) is 0 Å². The fourth-order valence-electron chi connectivity index (χ4n) is 1.06. The van der Waals surface area contributed by atoms with E-state index in [2.05, 4.69) is 26.6 Å². The first-order valence-electron chi connectivity index (χ1n) is 4.34. The molecule has 0 saturated carbocycles. The number of nitrogens with one attached hydrogen (secondary N) is 2. The molecular formula is C10H11BrN2O2. The summed E-state index contributed by atoms with van der Waals surface area (Å²) in [7, 11) is 1.41. The van der Waals surface area contributed by atoms with Crippen LogP contribution in [0.4, 0.5) is 5.69 Å². The van der Waals surface area contributed by atoms with Gasteiger partial charge < -0.3 is 10.6 Å². The first-order chi connectivity index (χ1) is 7.04. The molecule has 0 unspecified atom stereocenters. The van der Waals surface area contributed by atoms with Gasteiger partial charge in [-0.3, -0.25) is 9.59 Å². The number of aryl methyl sites for hydroxylation is 1. The highest BCUT2D eigenvalue weighted by Gasteiger charge is 2.12. The summed E-state index contributed by atoms with van der Waals surface area (Å²) in [5.74, 6) is -1.32. The third-order valence-electron chi connectivity index (χ3n) is 1.87. The molecule has 0 aromatic heterocycles. The van der Waals surface area contributed by atoms with Gasteiger partial charge in [0.25, 0.3) is 0 Å². The van der Waals surface area contributed by atoms with Gasteiger partial charge in [-0.2, -0.15) is 0 Å². The van der Waals surface area contributed by atoms with E-state index in [9.17, 15) is 9.59 Å². The standard InChI is InChI=1S/C10H11BrN2O2/c1-6-5-7(11)3-4-8(6)13-10(15)9(14)12-2/h3-5H,1-2H3,(H,12,14)(H,13,15). The molecule has 0 aliphatic carbocycles. The Morgan fingerprint density at radius 2 is 1.93 bits per heavy atom. The van der Waals surface area contributed by atoms with E-state index in [1.165, 1.54) is 7.05 Å². The number of carbonyl (C=O) groups is 2. The molecule has 0 heterocycles. The molecular weight excluding hydrogens is 260 g/mol. The highest BCUT2D eigenvalue weighted by Crippen LogP contribution is 2.19. The lowest BCUT2D eigenvalue weighted by Gasteiger charge is -2.07. The molecule has 15 heavy (non-hydrogen) atoms. The van der Waals surface area contributed by atoms with Gasteiger partial charge >= 0.3 is 11.8 Å². The number of amides is 2. The normalized spacial score (nSPS) is 9.53. The molecule has 2 amide bonds. The second-order valence-electron chi connectivity index (χ2n) is 2.99. The summed E-state index contributed by atoms with van der Waals surface area (Å²) in [5, 5.41) is 4.77. The zero-order valence-corrected chi connectivity index (χ0v) is 10.0. The molecule has 5 heteroatoms. The molecule has 0 bridgehead atoms. The van der Waals surface area contributed by atoms with E-state index in [4.69, 9.17) is 0 Å². The monoisotopic (exact) mass is 270 g/mol. The number of halogens is 1. The van der Waals surface area contributed by atoms with Gasteiger partial charge in [0.05, 0.1) is 0 Å². The van der Waals surface area contributed by atoms with Crippen molar-refractivity contribution in [1.29, 1.82) is 0 Å². The third kappa shape index (κ3) is 3.06. The van der Waals surface area contributed by atoms with Gasteiger partial charge in [0.2, 0.25) is 0 Å². The Balaban J connectivity index is 2.81. The number of anilines is 1. The second-order valence-corrected chi connectivity index (χ2v) is 3.91. The molecule has 0 aliphatic heterocycles. The maximum Gasteiger partial charge on any atom is 0.313 e. The quantitative estimate of drug-likeness (QED) is 0.759. The minimum Gasteiger partial charge on any atom is -0.351 e. The number of hydrogen-bond donors (Lipinski definition) is 2. The Labute approximate surface area is 96.2 Å². The Morgan fingerprint density at radius 1 is 1.27 bits per heavy atom. The number of likely N-dealkylation sites (N-methyl/N-ethyl adjacent to an activating group) is 1. The van der Waals surface area contributed by atoms with Crippen molar-refractivity contribution in [3.63, 3.8) is 0 Å². The van der Waals surface area contributed by atoms with Crippen LogP contribution >= 0.6 is 15.9 Å². The zero-order chi connectivity index (χ0) is 11.4. The third-order valence-corrected chi connectivity index (χ3v) is 2.36. The molecule has 1 aromatic rings. The Kier molecular flexibility index (Phi) is 3.85. The number of carbonyl (C=O) groups excluding carboxylic acids is 2. The molecule has 80 valence electrons. The van der Waals surface area contributed by atoms with E-state index in [-0.39, 0.29) is 0 Å². The van der Waals surface area contributed by atoms with Crippen LogP contribution in [0.25, 0.3) is 0 Å². The molecule has 0 saturated heterocycles. The summed E-state index contributed by atoms with van der Waals surface area (Å²) in [6, 6.07) is 5.40. The van der Waals surface area contributed by atoms with Gasteiger partial charge in [0, 0.05) is 17.2 Å². The number of rotatable bonds is 1. The summed E-state index contributed by atoms with van der Waals surface area (Å²) < 4.78 is 0.929. The van der Waals surface area contributed by atoms with Crippen LogP contribution in [-0.4, -0.2) is 18.9 Å². The van der Waals surface area contributed by atoms with E-state index in [0.717, 1.165) is 10.0 Å². The van der Waals surface area contributed by atoms with Gasteiger partial charge in [0.15, 0.2) is 0 Å². The lowest BCUT2D eigenvalue weighted by molar-refractivity contribution is -0.135. The minimum absolute atomic E-state index is 0.631. The van der Waals surface area contributed by atoms with E-state index < -0.39 is 11.8 Å². The molecule has 1 aromatic carbocycles. The summed E-state index contributed by atoms with van der Waals surface area (Å²) in [5.41, 5.74) is 1.52. The summed E-state index contributed by atoms with van der Waals surface area (Å²) in [6.07, 6.45) is 0. The molecule has 2 N–H and O–H groups in total. The van der Waals surface area contributed by atoms with E-state index in [1.54, 1.807) is 12.1 Å². The van der Waals surface area contributed by atoms with Crippen LogP contribution in [0, 0.1) is 6.92 Å². The molecule has 0 radical (unpaired) electrons. The highest BCUT2D eigenvalue weighted by molar-refractivity contribution is 9.10. The van der Waals surface area contributed by atoms with Gasteiger partial charge in [-0.15, -0.1) is 0 Å². The first kappa shape index (κ1) is 11.7. The topological polar surface area (TPSA) is 58.2 Å². The fourth-order valence-corrected chi connectivity index (χ4v) is 1.54. The molecule has 0 spiro atoms. The maximum absolute atomic E-state index is 11.2. The maximum atomic E-state index is 11.2. The van der Waals surface area contributed by atoms with Crippen LogP contribution in [0.3, 0.4) is 0 Å². The predicted octanol–water partition coefficient (Wildman–Crippen LogP) is 1.44. The van der Waals surface area contributed by atoms with Gasteiger partial charge in [-0.1, -0.05) is 15.9 Å². The van der Waals surface area contributed by atoms with E-state index >= 15 is 0 Å². The first-order valence-corrected chi connectivity index (χ1v) is 5.13. The fraction of sp³-hybridized carbons (Fsp3) is 0.200. The summed E-state index contributed by atoms with van der Waals surface area (Å²) >= 11 is 3.31. The van der Waals surface area contributed by atoms with Crippen LogP contribution in [0.5, 0.6) is 0 Å². The van der Waals surface area contributed by atoms with Crippen LogP contribution in [0.1, 0.15) is 5.56 Å². The number of benzene rings is 1. The molecule has 4 nitrogen and oxygen atoms in total. The second kappa shape index (κ2) is 4.93. The Hall–Kier alpha value is -1.36. The van der Waals surface area contributed by atoms with Crippen LogP contribution in [0.15, 0.2) is 22.7 Å². The Morgan fingerprint density at radius 3 is 2.47 bits per heavy atom. The van der Waals surface area contributed by atoms with Crippen LogP contribution < -0.4 is 10.6 Å². The van der Waals surface area contributed by atoms with Crippen molar-refractivity contribution in [2.75, 3.05) is 12.4 Å². The average Bonchev–Trinajstić information content (AvgIpc) is 2.20. The van der Waals surface area contributed by atoms with Gasteiger partial charge in [0.1, 0.15) is 0 Å². The van der Waals surface area contributed by atoms with Crippen molar-refractivity contribution in [3.8, 4) is 0 Å². The highest BCUT2D eigenvalue weighted by atomic mass is 79.9. The predicted molar refractivity (Wildman–Crippen MR) is 61.6 cm³/mol. The zero-order valence-electron chi connectivity index (χ0n) is 8.43. The number of hydrogen-bond acceptors (Lipinski definition) is 2. The van der Waals surface area contributed by atoms with E-state index in [0.29, 0.717) is 5.69 Å². The van der Waals surface area contributed by atoms with Gasteiger partial charge in [-0.05, 0) is 30.7 Å².